The van der Waals surface area contributed by atoms with Crippen LogP contribution in [0.1, 0.15) is 13.3 Å². The molecule has 0 radical (unpaired) electrons. The standard InChI is InChI=1S/C14H14N2O2/c1-2-18-14(17)6-5-12-10-15-9-11-4-3-7-16-13(12)8-11/h3-7,9-10H,2,8H2,1H3/b6-5-. The van der Waals surface area contributed by atoms with Gasteiger partial charge in [-0.3, -0.25) is 9.98 Å². The predicted molar refractivity (Wildman–Crippen MR) is 71.6 cm³/mol. The molecule has 0 aromatic carbocycles. The number of hydrogen-bond acceptors (Lipinski definition) is 4. The molecule has 0 fully saturated rings. The van der Waals surface area contributed by atoms with Crippen molar-refractivity contribution in [3.63, 3.8) is 0 Å². The molecule has 0 amide bonds. The van der Waals surface area contributed by atoms with Crippen LogP contribution in [-0.2, 0) is 9.53 Å². The summed E-state index contributed by atoms with van der Waals surface area (Å²) in [4.78, 5) is 19.8. The van der Waals surface area contributed by atoms with Crippen molar-refractivity contribution in [3.8, 4) is 0 Å². The van der Waals surface area contributed by atoms with Crippen LogP contribution in [-0.4, -0.2) is 25.0 Å². The Morgan fingerprint density at radius 3 is 3.28 bits per heavy atom. The third-order valence-corrected chi connectivity index (χ3v) is 2.47. The molecule has 2 rings (SSSR count). The monoisotopic (exact) mass is 242 g/mol. The molecule has 2 heterocycles. The van der Waals surface area contributed by atoms with E-state index in [-0.39, 0.29) is 5.97 Å². The lowest BCUT2D eigenvalue weighted by atomic mass is 10.1. The van der Waals surface area contributed by atoms with Crippen LogP contribution in [0.3, 0.4) is 0 Å². The molecule has 4 nitrogen and oxygen atoms in total. The van der Waals surface area contributed by atoms with Crippen LogP contribution in [0.5, 0.6) is 0 Å². The van der Waals surface area contributed by atoms with E-state index in [1.807, 2.05) is 12.2 Å². The lowest BCUT2D eigenvalue weighted by molar-refractivity contribution is -0.137. The van der Waals surface area contributed by atoms with Crippen molar-refractivity contribution in [2.75, 3.05) is 6.61 Å². The molecular weight excluding hydrogens is 228 g/mol. The smallest absolute Gasteiger partial charge is 0.330 e. The summed E-state index contributed by atoms with van der Waals surface area (Å²) in [7, 11) is 0. The average molecular weight is 242 g/mol. The first-order chi connectivity index (χ1) is 8.79. The van der Waals surface area contributed by atoms with Gasteiger partial charge in [0, 0.05) is 36.7 Å². The molecule has 0 aromatic rings. The second kappa shape index (κ2) is 5.91. The van der Waals surface area contributed by atoms with E-state index < -0.39 is 0 Å². The van der Waals surface area contributed by atoms with Crippen LogP contribution in [0.15, 0.2) is 57.3 Å². The number of fused-ring (bicyclic) bond motifs is 2. The minimum Gasteiger partial charge on any atom is -0.463 e. The highest BCUT2D eigenvalue weighted by atomic mass is 16.5. The number of carbonyl (C=O) groups is 1. The van der Waals surface area contributed by atoms with Crippen molar-refractivity contribution in [1.82, 2.24) is 0 Å². The Labute approximate surface area is 106 Å². The van der Waals surface area contributed by atoms with Gasteiger partial charge < -0.3 is 4.74 Å². The van der Waals surface area contributed by atoms with Gasteiger partial charge in [-0.25, -0.2) is 4.79 Å². The minimum absolute atomic E-state index is 0.354. The third kappa shape index (κ3) is 3.13. The summed E-state index contributed by atoms with van der Waals surface area (Å²) in [5.74, 6) is -0.354. The Morgan fingerprint density at radius 2 is 2.44 bits per heavy atom. The molecule has 2 bridgehead atoms. The number of hydrogen-bond donors (Lipinski definition) is 0. The van der Waals surface area contributed by atoms with E-state index in [0.717, 1.165) is 23.3 Å². The van der Waals surface area contributed by atoms with Gasteiger partial charge >= 0.3 is 5.97 Å². The number of carbonyl (C=O) groups excluding carboxylic acids is 1. The van der Waals surface area contributed by atoms with Gasteiger partial charge in [0.15, 0.2) is 0 Å². The molecule has 0 saturated heterocycles. The van der Waals surface area contributed by atoms with Crippen molar-refractivity contribution >= 4 is 18.4 Å². The topological polar surface area (TPSA) is 51.0 Å². The fourth-order valence-corrected chi connectivity index (χ4v) is 1.64. The molecular formula is C14H14N2O2. The molecule has 0 spiro atoms. The van der Waals surface area contributed by atoms with Crippen LogP contribution in [0.2, 0.25) is 0 Å². The van der Waals surface area contributed by atoms with E-state index >= 15 is 0 Å². The number of esters is 1. The summed E-state index contributed by atoms with van der Waals surface area (Å²) in [6.07, 6.45) is 12.9. The van der Waals surface area contributed by atoms with Gasteiger partial charge in [-0.2, -0.15) is 0 Å². The number of aliphatic imine (C=N–C) groups is 2. The fourth-order valence-electron chi connectivity index (χ4n) is 1.64. The van der Waals surface area contributed by atoms with Gasteiger partial charge in [0.2, 0.25) is 0 Å². The minimum atomic E-state index is -0.354. The molecule has 92 valence electrons. The quantitative estimate of drug-likeness (QED) is 0.563. The highest BCUT2D eigenvalue weighted by molar-refractivity contribution is 5.90. The van der Waals surface area contributed by atoms with E-state index in [2.05, 4.69) is 9.98 Å². The molecule has 0 aromatic heterocycles. The maximum absolute atomic E-state index is 11.3. The highest BCUT2D eigenvalue weighted by Crippen LogP contribution is 2.22. The first-order valence-corrected chi connectivity index (χ1v) is 5.80. The molecule has 18 heavy (non-hydrogen) atoms. The summed E-state index contributed by atoms with van der Waals surface area (Å²) in [5, 5.41) is 0. The normalized spacial score (nSPS) is 17.7. The molecule has 2 aliphatic heterocycles. The Balaban J connectivity index is 2.22. The molecule has 0 aliphatic carbocycles. The van der Waals surface area contributed by atoms with Gasteiger partial charge in [0.05, 0.1) is 12.3 Å². The number of allylic oxidation sites excluding steroid dienone is 5. The largest absolute Gasteiger partial charge is 0.463 e. The Morgan fingerprint density at radius 1 is 1.56 bits per heavy atom. The van der Waals surface area contributed by atoms with Gasteiger partial charge in [-0.05, 0) is 24.6 Å². The van der Waals surface area contributed by atoms with Gasteiger partial charge in [0.1, 0.15) is 0 Å². The molecule has 4 heteroatoms. The zero-order chi connectivity index (χ0) is 12.8. The van der Waals surface area contributed by atoms with E-state index in [0.29, 0.717) is 6.61 Å². The fraction of sp³-hybridized carbons (Fsp3) is 0.214. The van der Waals surface area contributed by atoms with E-state index in [1.54, 1.807) is 31.6 Å². The summed E-state index contributed by atoms with van der Waals surface area (Å²) >= 11 is 0. The van der Waals surface area contributed by atoms with Crippen LogP contribution in [0.25, 0.3) is 0 Å². The van der Waals surface area contributed by atoms with Crippen molar-refractivity contribution in [3.05, 3.63) is 47.3 Å². The van der Waals surface area contributed by atoms with Crippen molar-refractivity contribution in [2.45, 2.75) is 13.3 Å². The molecule has 0 atom stereocenters. The molecule has 0 saturated carbocycles. The maximum atomic E-state index is 11.3. The first kappa shape index (κ1) is 12.2. The summed E-state index contributed by atoms with van der Waals surface area (Å²) in [6, 6.07) is 0. The van der Waals surface area contributed by atoms with E-state index in [1.165, 1.54) is 6.08 Å². The zero-order valence-corrected chi connectivity index (χ0v) is 10.2. The van der Waals surface area contributed by atoms with Gasteiger partial charge in [-0.15, -0.1) is 0 Å². The van der Waals surface area contributed by atoms with E-state index in [4.69, 9.17) is 4.74 Å². The van der Waals surface area contributed by atoms with E-state index in [9.17, 15) is 4.79 Å². The average Bonchev–Trinajstić information content (AvgIpc) is 2.70. The SMILES string of the molecule is CCOC(=O)/C=C\C1=C2CC(=CN=C1)C=CC=N2. The van der Waals surface area contributed by atoms with Crippen molar-refractivity contribution in [1.29, 1.82) is 0 Å². The lowest BCUT2D eigenvalue weighted by Gasteiger charge is -2.01. The first-order valence-electron chi connectivity index (χ1n) is 5.80. The lowest BCUT2D eigenvalue weighted by Crippen LogP contribution is -1.99. The molecule has 0 unspecified atom stereocenters. The predicted octanol–water partition coefficient (Wildman–Crippen LogP) is 2.36. The summed E-state index contributed by atoms with van der Waals surface area (Å²) in [5.41, 5.74) is 2.82. The Bertz CT molecular complexity index is 520. The summed E-state index contributed by atoms with van der Waals surface area (Å²) < 4.78 is 4.84. The van der Waals surface area contributed by atoms with Crippen LogP contribution in [0, 0.1) is 0 Å². The Hall–Kier alpha value is -2.23. The van der Waals surface area contributed by atoms with Crippen LogP contribution >= 0.6 is 0 Å². The van der Waals surface area contributed by atoms with Crippen molar-refractivity contribution in [2.24, 2.45) is 9.98 Å². The molecule has 2 aliphatic rings. The van der Waals surface area contributed by atoms with Crippen LogP contribution < -0.4 is 0 Å². The van der Waals surface area contributed by atoms with Gasteiger partial charge in [0.25, 0.3) is 0 Å². The van der Waals surface area contributed by atoms with Gasteiger partial charge in [-0.1, -0.05) is 6.08 Å². The number of ether oxygens (including phenoxy) is 1. The second-order valence-electron chi connectivity index (χ2n) is 3.78. The second-order valence-corrected chi connectivity index (χ2v) is 3.78. The Kier molecular flexibility index (Phi) is 4.02. The van der Waals surface area contributed by atoms with Crippen molar-refractivity contribution < 1.29 is 9.53 Å². The number of nitrogens with zero attached hydrogens (tertiary/aromatic N) is 2. The third-order valence-electron chi connectivity index (χ3n) is 2.47. The number of rotatable bonds is 3. The highest BCUT2D eigenvalue weighted by Gasteiger charge is 2.08. The maximum Gasteiger partial charge on any atom is 0.330 e. The summed E-state index contributed by atoms with van der Waals surface area (Å²) in [6.45, 7) is 2.15. The zero-order valence-electron chi connectivity index (χ0n) is 10.2. The molecule has 0 N–H and O–H groups in total. The van der Waals surface area contributed by atoms with Crippen LogP contribution in [0.4, 0.5) is 0 Å².